The van der Waals surface area contributed by atoms with Crippen molar-refractivity contribution < 1.29 is 23.2 Å². The molecule has 0 saturated carbocycles. The molecule has 1 amide bonds. The van der Waals surface area contributed by atoms with Crippen LogP contribution in [-0.4, -0.2) is 47.8 Å². The van der Waals surface area contributed by atoms with E-state index >= 15 is 0 Å². The number of hydrogen-bond acceptors (Lipinski definition) is 6. The Labute approximate surface area is 179 Å². The first-order chi connectivity index (χ1) is 15.1. The minimum atomic E-state index is -0.389. The third kappa shape index (κ3) is 5.20. The third-order valence-electron chi connectivity index (χ3n) is 5.32. The van der Waals surface area contributed by atoms with Gasteiger partial charge in [0.1, 0.15) is 17.3 Å². The monoisotopic (exact) mass is 425 g/mol. The maximum atomic E-state index is 13.9. The average molecular weight is 425 g/mol. The van der Waals surface area contributed by atoms with Gasteiger partial charge in [-0.1, -0.05) is 23.4 Å². The summed E-state index contributed by atoms with van der Waals surface area (Å²) in [5.41, 5.74) is 0.313. The molecule has 1 aliphatic rings. The quantitative estimate of drug-likeness (QED) is 0.574. The molecule has 0 radical (unpaired) electrons. The molecule has 3 aromatic rings. The third-order valence-corrected chi connectivity index (χ3v) is 5.32. The Balaban J connectivity index is 1.32. The first kappa shape index (κ1) is 20.8. The second-order valence-corrected chi connectivity index (χ2v) is 7.51. The lowest BCUT2D eigenvalue weighted by Gasteiger charge is -2.32. The van der Waals surface area contributed by atoms with Gasteiger partial charge in [-0.3, -0.25) is 4.79 Å². The molecule has 7 nitrogen and oxygen atoms in total. The molecular weight excluding hydrogens is 401 g/mol. The van der Waals surface area contributed by atoms with E-state index in [2.05, 4.69) is 10.1 Å². The normalized spacial score (nSPS) is 16.2. The Bertz CT molecular complexity index is 1040. The van der Waals surface area contributed by atoms with Crippen molar-refractivity contribution in [2.45, 2.75) is 19.3 Å². The Hall–Kier alpha value is -3.42. The van der Waals surface area contributed by atoms with E-state index in [4.69, 9.17) is 14.0 Å². The lowest BCUT2D eigenvalue weighted by atomic mass is 9.94. The summed E-state index contributed by atoms with van der Waals surface area (Å²) in [4.78, 5) is 18.8. The number of rotatable bonds is 7. The minimum absolute atomic E-state index is 0.0299. The zero-order valence-electron chi connectivity index (χ0n) is 17.3. The molecule has 1 fully saturated rings. The highest BCUT2D eigenvalue weighted by Gasteiger charge is 2.26. The van der Waals surface area contributed by atoms with Gasteiger partial charge in [-0.05, 0) is 43.0 Å². The Morgan fingerprint density at radius 1 is 1.23 bits per heavy atom. The van der Waals surface area contributed by atoms with Crippen molar-refractivity contribution in [3.8, 4) is 22.9 Å². The van der Waals surface area contributed by atoms with Crippen molar-refractivity contribution in [2.24, 2.45) is 5.92 Å². The Morgan fingerprint density at radius 2 is 2.06 bits per heavy atom. The number of carbonyl (C=O) groups is 1. The molecule has 8 heteroatoms. The number of carbonyl (C=O) groups excluding carboxylic acids is 1. The molecule has 1 aromatic heterocycles. The van der Waals surface area contributed by atoms with Crippen LogP contribution in [0.1, 0.15) is 18.7 Å². The zero-order valence-corrected chi connectivity index (χ0v) is 17.3. The molecule has 0 aliphatic carbocycles. The molecule has 1 aliphatic heterocycles. The fraction of sp³-hybridized carbons (Fsp3) is 0.348. The molecule has 162 valence electrons. The molecule has 0 spiro atoms. The molecule has 0 bridgehead atoms. The van der Waals surface area contributed by atoms with Crippen molar-refractivity contribution in [1.82, 2.24) is 15.0 Å². The van der Waals surface area contributed by atoms with Crippen molar-refractivity contribution >= 4 is 5.91 Å². The van der Waals surface area contributed by atoms with Crippen LogP contribution in [0.15, 0.2) is 53.1 Å². The largest absolute Gasteiger partial charge is 0.497 e. The number of amides is 1. The van der Waals surface area contributed by atoms with Crippen molar-refractivity contribution in [3.05, 3.63) is 60.2 Å². The number of ether oxygens (including phenoxy) is 2. The van der Waals surface area contributed by atoms with E-state index in [1.54, 1.807) is 37.4 Å². The second-order valence-electron chi connectivity index (χ2n) is 7.51. The summed E-state index contributed by atoms with van der Waals surface area (Å²) in [5.74, 6) is 1.70. The molecule has 1 saturated heterocycles. The standard InChI is InChI=1S/C23H24FN3O4/c1-29-17-7-4-8-18(13-17)30-15-22(28)27-11-5-6-16(14-27)12-21-25-23(26-31-21)19-9-2-3-10-20(19)24/h2-4,7-10,13,16H,5-6,11-12,14-15H2,1H3. The van der Waals surface area contributed by atoms with Gasteiger partial charge in [0.2, 0.25) is 11.7 Å². The summed E-state index contributed by atoms with van der Waals surface area (Å²) in [6.45, 7) is 1.26. The SMILES string of the molecule is COc1cccc(OCC(=O)N2CCCC(Cc3nc(-c4ccccc4F)no3)C2)c1. The van der Waals surface area contributed by atoms with E-state index in [0.717, 1.165) is 12.8 Å². The number of nitrogens with zero attached hydrogens (tertiary/aromatic N) is 3. The minimum Gasteiger partial charge on any atom is -0.497 e. The smallest absolute Gasteiger partial charge is 0.260 e. The molecular formula is C23H24FN3O4. The molecule has 2 aromatic carbocycles. The van der Waals surface area contributed by atoms with Crippen molar-refractivity contribution in [3.63, 3.8) is 0 Å². The zero-order chi connectivity index (χ0) is 21.6. The van der Waals surface area contributed by atoms with Crippen LogP contribution in [0.25, 0.3) is 11.4 Å². The highest BCUT2D eigenvalue weighted by Crippen LogP contribution is 2.24. The van der Waals surface area contributed by atoms with Gasteiger partial charge in [-0.15, -0.1) is 0 Å². The maximum absolute atomic E-state index is 13.9. The Kier molecular flexibility index (Phi) is 6.45. The number of aromatic nitrogens is 2. The molecule has 2 heterocycles. The predicted octanol–water partition coefficient (Wildman–Crippen LogP) is 3.74. The van der Waals surface area contributed by atoms with Crippen LogP contribution in [0, 0.1) is 11.7 Å². The van der Waals surface area contributed by atoms with Gasteiger partial charge in [-0.25, -0.2) is 4.39 Å². The van der Waals surface area contributed by atoms with E-state index in [-0.39, 0.29) is 30.1 Å². The number of methoxy groups -OCH3 is 1. The van der Waals surface area contributed by atoms with Crippen LogP contribution in [0.4, 0.5) is 4.39 Å². The first-order valence-corrected chi connectivity index (χ1v) is 10.2. The van der Waals surface area contributed by atoms with E-state index in [1.165, 1.54) is 6.07 Å². The molecule has 1 unspecified atom stereocenters. The summed E-state index contributed by atoms with van der Waals surface area (Å²) < 4.78 is 30.1. The van der Waals surface area contributed by atoms with Gasteiger partial charge >= 0.3 is 0 Å². The lowest BCUT2D eigenvalue weighted by Crippen LogP contribution is -2.42. The average Bonchev–Trinajstić information content (AvgIpc) is 3.26. The summed E-state index contributed by atoms with van der Waals surface area (Å²) in [7, 11) is 1.58. The number of likely N-dealkylation sites (tertiary alicyclic amines) is 1. The van der Waals surface area contributed by atoms with Gasteiger partial charge in [0.25, 0.3) is 5.91 Å². The van der Waals surface area contributed by atoms with Crippen LogP contribution in [0.5, 0.6) is 11.5 Å². The van der Waals surface area contributed by atoms with E-state index in [0.29, 0.717) is 42.5 Å². The first-order valence-electron chi connectivity index (χ1n) is 10.2. The van der Waals surface area contributed by atoms with Crippen LogP contribution in [0.2, 0.25) is 0 Å². The van der Waals surface area contributed by atoms with Gasteiger partial charge in [0.05, 0.1) is 12.7 Å². The van der Waals surface area contributed by atoms with Gasteiger partial charge in [0, 0.05) is 25.6 Å². The van der Waals surface area contributed by atoms with Crippen LogP contribution < -0.4 is 9.47 Å². The van der Waals surface area contributed by atoms with Gasteiger partial charge in [-0.2, -0.15) is 4.98 Å². The van der Waals surface area contributed by atoms with Crippen LogP contribution in [-0.2, 0) is 11.2 Å². The van der Waals surface area contributed by atoms with Gasteiger partial charge < -0.3 is 18.9 Å². The molecule has 0 N–H and O–H groups in total. The molecule has 1 atom stereocenters. The van der Waals surface area contributed by atoms with E-state index < -0.39 is 0 Å². The maximum Gasteiger partial charge on any atom is 0.260 e. The van der Waals surface area contributed by atoms with Crippen molar-refractivity contribution in [2.75, 3.05) is 26.8 Å². The number of piperidine rings is 1. The van der Waals surface area contributed by atoms with Gasteiger partial charge in [0.15, 0.2) is 6.61 Å². The highest BCUT2D eigenvalue weighted by molar-refractivity contribution is 5.77. The predicted molar refractivity (Wildman–Crippen MR) is 111 cm³/mol. The van der Waals surface area contributed by atoms with E-state index in [9.17, 15) is 9.18 Å². The summed E-state index contributed by atoms with van der Waals surface area (Å²) in [5, 5.41) is 3.91. The fourth-order valence-corrected chi connectivity index (χ4v) is 3.72. The number of benzene rings is 2. The van der Waals surface area contributed by atoms with Crippen LogP contribution >= 0.6 is 0 Å². The highest BCUT2D eigenvalue weighted by atomic mass is 19.1. The molecule has 31 heavy (non-hydrogen) atoms. The Morgan fingerprint density at radius 3 is 2.90 bits per heavy atom. The number of halogens is 1. The summed E-state index contributed by atoms with van der Waals surface area (Å²) in [6, 6.07) is 13.5. The topological polar surface area (TPSA) is 77.7 Å². The summed E-state index contributed by atoms with van der Waals surface area (Å²) in [6.07, 6.45) is 2.39. The molecule has 4 rings (SSSR count). The fourth-order valence-electron chi connectivity index (χ4n) is 3.72. The summed E-state index contributed by atoms with van der Waals surface area (Å²) >= 11 is 0. The number of hydrogen-bond donors (Lipinski definition) is 0. The second kappa shape index (κ2) is 9.59. The lowest BCUT2D eigenvalue weighted by molar-refractivity contribution is -0.135. The van der Waals surface area contributed by atoms with Crippen molar-refractivity contribution in [1.29, 1.82) is 0 Å². The van der Waals surface area contributed by atoms with Crippen LogP contribution in [0.3, 0.4) is 0 Å². The van der Waals surface area contributed by atoms with E-state index in [1.807, 2.05) is 17.0 Å².